The molecule has 396 valence electrons. The molecule has 0 saturated heterocycles. The first kappa shape index (κ1) is 69.8. The van der Waals surface area contributed by atoms with Crippen LogP contribution in [0.2, 0.25) is 0 Å². The minimum absolute atomic E-state index is 1.15. The van der Waals surface area contributed by atoms with Crippen LogP contribution in [0.3, 0.4) is 0 Å². The second-order valence-electron chi connectivity index (χ2n) is 19.1. The number of hydrogen-bond acceptors (Lipinski definition) is 0. The second kappa shape index (κ2) is 50.3. The van der Waals surface area contributed by atoms with Crippen molar-refractivity contribution in [3.63, 3.8) is 0 Å². The molecule has 0 bridgehead atoms. The van der Waals surface area contributed by atoms with Crippen LogP contribution < -0.4 is 9.80 Å². The van der Waals surface area contributed by atoms with Crippen LogP contribution in [0, 0.1) is 0 Å². The molecule has 0 fully saturated rings. The van der Waals surface area contributed by atoms with E-state index in [9.17, 15) is 0 Å². The van der Waals surface area contributed by atoms with Crippen LogP contribution in [-0.2, 0) is 44.3 Å². The zero-order valence-electron chi connectivity index (χ0n) is 42.9. The van der Waals surface area contributed by atoms with Crippen molar-refractivity contribution in [3.8, 4) is 0 Å². The molecular weight excluding hydrogens is 1070 g/mol. The van der Waals surface area contributed by atoms with Gasteiger partial charge in [0.15, 0.2) is 0 Å². The van der Waals surface area contributed by atoms with Crippen LogP contribution in [0.5, 0.6) is 0 Å². The Bertz CT molecular complexity index is 1180. The van der Waals surface area contributed by atoms with Gasteiger partial charge in [0.05, 0.1) is 28.2 Å². The Kier molecular flexibility index (Phi) is 53.2. The van der Waals surface area contributed by atoms with Crippen molar-refractivity contribution in [1.82, 2.24) is 0 Å². The summed E-state index contributed by atoms with van der Waals surface area (Å²) in [7, 11) is 43.2. The van der Waals surface area contributed by atoms with E-state index < -0.39 is 18.4 Å². The maximum atomic E-state index is 4.97. The standard InChI is InChI=1S/2C27H49N.8ClH.2Mn/c2*1-4-5-6-7-8-9-10-11-12-13-14-15-16-17-18-19-22-26-23-20-21-24-27(26)25-28(2)3;;;;;;;;;;/h2*20-21,23-24H,4-19,22,25H2,1-3H3;8*1H;;/q;;;;;;;;;;2*+3/p-6. The third-order valence-electron chi connectivity index (χ3n) is 11.9. The number of aryl methyl sites for hydroxylation is 2. The molecular formula is C54H100Cl8Mn2N2. The van der Waals surface area contributed by atoms with Gasteiger partial charge in [-0.25, -0.2) is 0 Å². The van der Waals surface area contributed by atoms with Gasteiger partial charge in [-0.15, -0.1) is 0 Å². The summed E-state index contributed by atoms with van der Waals surface area (Å²) in [4.78, 5) is 3.03. The molecule has 0 heterocycles. The number of unbranched alkanes of at least 4 members (excludes halogenated alkanes) is 30. The van der Waals surface area contributed by atoms with E-state index in [-0.39, 0.29) is 0 Å². The van der Waals surface area contributed by atoms with Crippen molar-refractivity contribution < 1.29 is 28.2 Å². The molecule has 0 atom stereocenters. The van der Waals surface area contributed by atoms with Gasteiger partial charge in [0.1, 0.15) is 13.1 Å². The minimum atomic E-state index is -2.74. The number of rotatable bonds is 38. The van der Waals surface area contributed by atoms with Gasteiger partial charge in [-0.2, -0.15) is 0 Å². The summed E-state index contributed by atoms with van der Waals surface area (Å²) in [6, 6.07) is 18.1. The molecule has 0 amide bonds. The predicted octanol–water partition coefficient (Wildman–Crippen LogP) is 19.8. The number of benzene rings is 2. The van der Waals surface area contributed by atoms with Crippen molar-refractivity contribution in [2.75, 3.05) is 28.2 Å². The van der Waals surface area contributed by atoms with E-state index in [2.05, 4.69) is 90.6 Å². The quantitative estimate of drug-likeness (QED) is 0.0490. The molecule has 2 rings (SSSR count). The average molecular weight is 1170 g/mol. The number of halogens is 8. The van der Waals surface area contributed by atoms with Gasteiger partial charge < -0.3 is 9.80 Å². The Morgan fingerprint density at radius 1 is 0.288 bits per heavy atom. The Labute approximate surface area is 449 Å². The van der Waals surface area contributed by atoms with Crippen LogP contribution in [-0.4, -0.2) is 28.2 Å². The monoisotopic (exact) mass is 1170 g/mol. The average Bonchev–Trinajstić information content (AvgIpc) is 3.23. The van der Waals surface area contributed by atoms with E-state index in [1.54, 1.807) is 22.3 Å². The van der Waals surface area contributed by atoms with Crippen LogP contribution in [0.1, 0.15) is 242 Å². The van der Waals surface area contributed by atoms with Crippen LogP contribution in [0.15, 0.2) is 48.5 Å². The second-order valence-corrected chi connectivity index (χ2v) is 42.5. The van der Waals surface area contributed by atoms with Gasteiger partial charge in [-0.05, 0) is 36.8 Å². The Hall–Kier alpha value is 1.72. The predicted molar refractivity (Wildman–Crippen MR) is 299 cm³/mol. The van der Waals surface area contributed by atoms with E-state index in [4.69, 9.17) is 80.8 Å². The summed E-state index contributed by atoms with van der Waals surface area (Å²) in [5.74, 6) is 0. The van der Waals surface area contributed by atoms with Gasteiger partial charge in [0.2, 0.25) is 0 Å². The van der Waals surface area contributed by atoms with Crippen molar-refractivity contribution in [2.45, 2.75) is 245 Å². The fourth-order valence-corrected chi connectivity index (χ4v) is 8.44. The first-order valence-electron chi connectivity index (χ1n) is 26.3. The fraction of sp³-hybridized carbons (Fsp3) is 0.778. The topological polar surface area (TPSA) is 8.88 Å². The molecule has 2 N–H and O–H groups in total. The number of quaternary nitrogens is 2. The third-order valence-corrected chi connectivity index (χ3v) is 11.9. The third kappa shape index (κ3) is 60.0. The Balaban J connectivity index is 0. The molecule has 0 saturated carbocycles. The molecule has 0 aliphatic heterocycles. The molecule has 2 nitrogen and oxygen atoms in total. The summed E-state index contributed by atoms with van der Waals surface area (Å²) in [5.41, 5.74) is 6.25. The zero-order chi connectivity index (χ0) is 49.6. The molecule has 66 heavy (non-hydrogen) atoms. The van der Waals surface area contributed by atoms with Crippen molar-refractivity contribution in [3.05, 3.63) is 70.8 Å². The van der Waals surface area contributed by atoms with E-state index in [0.717, 1.165) is 13.1 Å². The summed E-state index contributed by atoms with van der Waals surface area (Å²) in [6.07, 6.45) is 48.8. The van der Waals surface area contributed by atoms with Crippen LogP contribution in [0.25, 0.3) is 0 Å². The zero-order valence-corrected chi connectivity index (χ0v) is 51.3. The molecule has 0 radical (unpaired) electrons. The molecule has 0 unspecified atom stereocenters. The van der Waals surface area contributed by atoms with E-state index >= 15 is 0 Å². The van der Waals surface area contributed by atoms with E-state index in [1.807, 2.05) is 0 Å². The molecule has 2 aromatic rings. The molecule has 0 aromatic heterocycles. The van der Waals surface area contributed by atoms with Gasteiger partial charge in [-0.1, -0.05) is 255 Å². The Morgan fingerprint density at radius 2 is 0.455 bits per heavy atom. The summed E-state index contributed by atoms with van der Waals surface area (Å²) < 4.78 is 0. The van der Waals surface area contributed by atoms with Gasteiger partial charge in [-0.3, -0.25) is 0 Å². The molecule has 0 aliphatic rings. The van der Waals surface area contributed by atoms with Gasteiger partial charge in [0.25, 0.3) is 0 Å². The SMILES string of the molecule is CCCCCCCCCCCCCCCCCCc1ccccc1C[NH+](C)C.CCCCCCCCCCCCCCCCCCc1ccccc1C[NH+](C)C.[Cl][Mn-]([Cl])([Cl])[Cl].[Cl][Mn-]([Cl])([Cl])[Cl]. The summed E-state index contributed by atoms with van der Waals surface area (Å²) >= 11 is 0. The van der Waals surface area contributed by atoms with Crippen LogP contribution in [0.4, 0.5) is 0 Å². The fourth-order valence-electron chi connectivity index (χ4n) is 8.44. The normalized spacial score (nSPS) is 12.0. The molecule has 2 aromatic carbocycles. The van der Waals surface area contributed by atoms with Crippen molar-refractivity contribution >= 4 is 80.8 Å². The van der Waals surface area contributed by atoms with Gasteiger partial charge in [0, 0.05) is 11.1 Å². The first-order valence-corrected chi connectivity index (χ1v) is 39.3. The molecule has 0 spiro atoms. The number of nitrogens with one attached hydrogen (secondary N) is 2. The molecule has 0 aliphatic carbocycles. The maximum absolute atomic E-state index is 4.97. The van der Waals surface area contributed by atoms with E-state index in [1.165, 1.54) is 228 Å². The first-order chi connectivity index (χ1) is 31.5. The van der Waals surface area contributed by atoms with Gasteiger partial charge >= 0.3 is 99.2 Å². The number of hydrogen-bond donors (Lipinski definition) is 2. The van der Waals surface area contributed by atoms with Crippen LogP contribution >= 0.6 is 80.8 Å². The van der Waals surface area contributed by atoms with E-state index in [0.29, 0.717) is 0 Å². The van der Waals surface area contributed by atoms with Crippen molar-refractivity contribution in [1.29, 1.82) is 0 Å². The Morgan fingerprint density at radius 3 is 0.636 bits per heavy atom. The summed E-state index contributed by atoms with van der Waals surface area (Å²) in [6.45, 7) is 6.89. The molecule has 12 heteroatoms. The summed E-state index contributed by atoms with van der Waals surface area (Å²) in [5, 5.41) is 0. The van der Waals surface area contributed by atoms with Crippen molar-refractivity contribution in [2.24, 2.45) is 0 Å².